The molecule has 4 heteroatoms. The average molecular weight is 187 g/mol. The minimum absolute atomic E-state index is 0.385. The maximum absolute atomic E-state index is 5.60. The maximum Gasteiger partial charge on any atom is 0.226 e. The van der Waals surface area contributed by atoms with Crippen LogP contribution in [-0.2, 0) is 6.42 Å². The van der Waals surface area contributed by atoms with E-state index in [1.165, 1.54) is 6.42 Å². The van der Waals surface area contributed by atoms with Crippen LogP contribution in [0.4, 0.5) is 0 Å². The molecule has 1 aromatic heterocycles. The van der Waals surface area contributed by atoms with E-state index in [-0.39, 0.29) is 0 Å². The Morgan fingerprint density at radius 1 is 1.75 bits per heavy atom. The summed E-state index contributed by atoms with van der Waals surface area (Å²) in [7, 11) is 0. The van der Waals surface area contributed by atoms with Crippen molar-refractivity contribution in [3.63, 3.8) is 0 Å². The highest BCUT2D eigenvalue weighted by molar-refractivity contribution is 6.28. The van der Waals surface area contributed by atoms with Gasteiger partial charge in [-0.1, -0.05) is 5.16 Å². The standard InChI is InChI=1S/C8H11ClN2O/c9-8-4-7(11-12-8)3-6-1-2-10-5-6/h4,6,10H,1-3,5H2. The third-order valence-corrected chi connectivity index (χ3v) is 2.37. The van der Waals surface area contributed by atoms with Crippen LogP contribution in [0.3, 0.4) is 0 Å². The van der Waals surface area contributed by atoms with Gasteiger partial charge in [-0.2, -0.15) is 0 Å². The van der Waals surface area contributed by atoms with Crippen molar-refractivity contribution < 1.29 is 4.52 Å². The Labute approximate surface area is 76.1 Å². The zero-order valence-electron chi connectivity index (χ0n) is 6.72. The van der Waals surface area contributed by atoms with Gasteiger partial charge in [-0.25, -0.2) is 0 Å². The molecule has 0 radical (unpaired) electrons. The predicted molar refractivity (Wildman–Crippen MR) is 46.2 cm³/mol. The molecular weight excluding hydrogens is 176 g/mol. The molecule has 0 bridgehead atoms. The van der Waals surface area contributed by atoms with E-state index >= 15 is 0 Å². The van der Waals surface area contributed by atoms with Crippen molar-refractivity contribution in [1.29, 1.82) is 0 Å². The van der Waals surface area contributed by atoms with Gasteiger partial charge >= 0.3 is 0 Å². The molecule has 1 atom stereocenters. The summed E-state index contributed by atoms with van der Waals surface area (Å²) in [5, 5.41) is 7.54. The summed E-state index contributed by atoms with van der Waals surface area (Å²) in [6, 6.07) is 1.79. The first kappa shape index (κ1) is 8.08. The summed E-state index contributed by atoms with van der Waals surface area (Å²) in [6.07, 6.45) is 2.20. The second-order valence-electron chi connectivity index (χ2n) is 3.19. The Morgan fingerprint density at radius 2 is 2.67 bits per heavy atom. The molecule has 66 valence electrons. The molecule has 0 aliphatic carbocycles. The molecule has 0 amide bonds. The number of hydrogen-bond donors (Lipinski definition) is 1. The molecule has 1 aliphatic heterocycles. The largest absolute Gasteiger partial charge is 0.344 e. The van der Waals surface area contributed by atoms with E-state index in [1.54, 1.807) is 6.07 Å². The molecule has 1 aliphatic rings. The van der Waals surface area contributed by atoms with Gasteiger partial charge < -0.3 is 9.84 Å². The topological polar surface area (TPSA) is 38.1 Å². The van der Waals surface area contributed by atoms with Crippen molar-refractivity contribution in [1.82, 2.24) is 10.5 Å². The van der Waals surface area contributed by atoms with Gasteiger partial charge in [-0.15, -0.1) is 0 Å². The molecule has 2 heterocycles. The number of rotatable bonds is 2. The summed E-state index contributed by atoms with van der Waals surface area (Å²) in [5.41, 5.74) is 0.966. The molecule has 0 spiro atoms. The molecule has 1 fully saturated rings. The zero-order valence-corrected chi connectivity index (χ0v) is 7.47. The highest BCUT2D eigenvalue weighted by Crippen LogP contribution is 2.16. The van der Waals surface area contributed by atoms with Crippen molar-refractivity contribution in [2.24, 2.45) is 5.92 Å². The van der Waals surface area contributed by atoms with Gasteiger partial charge in [0, 0.05) is 6.07 Å². The predicted octanol–water partition coefficient (Wildman–Crippen LogP) is 1.48. The Morgan fingerprint density at radius 3 is 3.25 bits per heavy atom. The van der Waals surface area contributed by atoms with E-state index < -0.39 is 0 Å². The molecule has 3 nitrogen and oxygen atoms in total. The van der Waals surface area contributed by atoms with E-state index in [1.807, 2.05) is 0 Å². The smallest absolute Gasteiger partial charge is 0.226 e. The number of nitrogens with zero attached hydrogens (tertiary/aromatic N) is 1. The number of nitrogens with one attached hydrogen (secondary N) is 1. The quantitative estimate of drug-likeness (QED) is 0.761. The second-order valence-corrected chi connectivity index (χ2v) is 3.56. The van der Waals surface area contributed by atoms with Gasteiger partial charge in [0.25, 0.3) is 0 Å². The van der Waals surface area contributed by atoms with Crippen molar-refractivity contribution in [3.8, 4) is 0 Å². The molecule has 2 rings (SSSR count). The third kappa shape index (κ3) is 1.79. The van der Waals surface area contributed by atoms with Crippen LogP contribution < -0.4 is 5.32 Å². The normalized spacial score (nSPS) is 23.2. The lowest BCUT2D eigenvalue weighted by molar-refractivity contribution is 0.406. The zero-order chi connectivity index (χ0) is 8.39. The minimum Gasteiger partial charge on any atom is -0.344 e. The van der Waals surface area contributed by atoms with Gasteiger partial charge in [0.2, 0.25) is 5.22 Å². The van der Waals surface area contributed by atoms with Crippen LogP contribution in [0, 0.1) is 5.92 Å². The fourth-order valence-electron chi connectivity index (χ4n) is 1.57. The van der Waals surface area contributed by atoms with Gasteiger partial charge in [0.1, 0.15) is 0 Å². The molecule has 12 heavy (non-hydrogen) atoms. The molecule has 1 aromatic rings. The van der Waals surface area contributed by atoms with E-state index in [9.17, 15) is 0 Å². The fraction of sp³-hybridized carbons (Fsp3) is 0.625. The SMILES string of the molecule is Clc1cc(CC2CCNC2)no1. The van der Waals surface area contributed by atoms with Crippen LogP contribution in [0.25, 0.3) is 0 Å². The van der Waals surface area contributed by atoms with Crippen molar-refractivity contribution in [2.75, 3.05) is 13.1 Å². The van der Waals surface area contributed by atoms with Crippen molar-refractivity contribution in [2.45, 2.75) is 12.8 Å². The first-order valence-electron chi connectivity index (χ1n) is 4.16. The van der Waals surface area contributed by atoms with Crippen LogP contribution in [-0.4, -0.2) is 18.2 Å². The van der Waals surface area contributed by atoms with E-state index in [4.69, 9.17) is 16.1 Å². The molecule has 1 unspecified atom stereocenters. The summed E-state index contributed by atoms with van der Waals surface area (Å²) < 4.78 is 4.77. The third-order valence-electron chi connectivity index (χ3n) is 2.19. The Balaban J connectivity index is 1.94. The monoisotopic (exact) mass is 186 g/mol. The van der Waals surface area contributed by atoms with Crippen LogP contribution >= 0.6 is 11.6 Å². The highest BCUT2D eigenvalue weighted by Gasteiger charge is 2.16. The first-order valence-corrected chi connectivity index (χ1v) is 4.54. The fourth-order valence-corrected chi connectivity index (χ4v) is 1.73. The number of halogens is 1. The molecule has 0 aromatic carbocycles. The first-order chi connectivity index (χ1) is 5.84. The van der Waals surface area contributed by atoms with Gasteiger partial charge in [-0.05, 0) is 43.5 Å². The van der Waals surface area contributed by atoms with Crippen LogP contribution in [0.2, 0.25) is 5.22 Å². The van der Waals surface area contributed by atoms with Gasteiger partial charge in [0.15, 0.2) is 0 Å². The summed E-state index contributed by atoms with van der Waals surface area (Å²) in [4.78, 5) is 0. The summed E-state index contributed by atoms with van der Waals surface area (Å²) in [5.74, 6) is 0.700. The van der Waals surface area contributed by atoms with E-state index in [2.05, 4.69) is 10.5 Å². The number of aromatic nitrogens is 1. The summed E-state index contributed by atoms with van der Waals surface area (Å²) in [6.45, 7) is 2.21. The average Bonchev–Trinajstić information content (AvgIpc) is 2.63. The molecular formula is C8H11ClN2O. The lowest BCUT2D eigenvalue weighted by Crippen LogP contribution is -2.10. The van der Waals surface area contributed by atoms with Crippen LogP contribution in [0.1, 0.15) is 12.1 Å². The minimum atomic E-state index is 0.385. The van der Waals surface area contributed by atoms with E-state index in [0.29, 0.717) is 11.1 Å². The maximum atomic E-state index is 5.60. The Kier molecular flexibility index (Phi) is 2.33. The van der Waals surface area contributed by atoms with Gasteiger partial charge in [0.05, 0.1) is 5.69 Å². The van der Waals surface area contributed by atoms with E-state index in [0.717, 1.165) is 25.2 Å². The number of hydrogen-bond acceptors (Lipinski definition) is 3. The lowest BCUT2D eigenvalue weighted by Gasteiger charge is -2.02. The molecule has 1 N–H and O–H groups in total. The lowest BCUT2D eigenvalue weighted by atomic mass is 10.0. The van der Waals surface area contributed by atoms with Gasteiger partial charge in [-0.3, -0.25) is 0 Å². The van der Waals surface area contributed by atoms with Crippen LogP contribution in [0.5, 0.6) is 0 Å². The molecule has 0 saturated carbocycles. The van der Waals surface area contributed by atoms with Crippen molar-refractivity contribution in [3.05, 3.63) is 17.0 Å². The Hall–Kier alpha value is -0.540. The molecule has 1 saturated heterocycles. The van der Waals surface area contributed by atoms with Crippen molar-refractivity contribution >= 4 is 11.6 Å². The summed E-state index contributed by atoms with van der Waals surface area (Å²) >= 11 is 5.60. The van der Waals surface area contributed by atoms with Crippen LogP contribution in [0.15, 0.2) is 10.6 Å². The Bertz CT molecular complexity index is 255. The second kappa shape index (κ2) is 3.46. The highest BCUT2D eigenvalue weighted by atomic mass is 35.5.